The summed E-state index contributed by atoms with van der Waals surface area (Å²) >= 11 is 10.7. The monoisotopic (exact) mass is 618 g/mol. The Kier molecular flexibility index (Phi) is 7.25. The third-order valence-electron chi connectivity index (χ3n) is 4.77. The van der Waals surface area contributed by atoms with E-state index >= 15 is 0 Å². The Labute approximate surface area is 213 Å². The number of hydrogen-bond donors (Lipinski definition) is 1. The first-order chi connectivity index (χ1) is 16.1. The van der Waals surface area contributed by atoms with Crippen LogP contribution in [0.2, 0.25) is 10.0 Å². The van der Waals surface area contributed by atoms with Crippen molar-refractivity contribution in [3.05, 3.63) is 93.2 Å². The Morgan fingerprint density at radius 2 is 1.82 bits per heavy atom. The summed E-state index contributed by atoms with van der Waals surface area (Å²) in [6.07, 6.45) is -3.00. The maximum atomic E-state index is 13.8. The molecule has 0 atom stereocenters. The lowest BCUT2D eigenvalue weighted by atomic mass is 10.1. The standard InChI is InChI=1S/C23H16Cl2F3IN4O/c1-13-8-18(5-6-19(13)22(34)31-12-17-4-2-3-7-30-17)33-29-20(21(32-33)23(26,27)28)14-9-15(24)11-16(25)10-14/h2-11H,12H2,1H3,(H,31,34). The number of nitrogens with zero attached hydrogens (tertiary/aromatic N) is 3. The molecule has 0 unspecified atom stereocenters. The minimum absolute atomic E-state index is 0.0746. The number of aryl methyl sites for hydroxylation is 1. The summed E-state index contributed by atoms with van der Waals surface area (Å²) < 4.78 is 42.8. The SMILES string of the molecule is Cc1cc(N2N=C(C(F)(F)F)C(c3cc(Cl)cc(Cl)c3)=I2)ccc1C(=O)NCc1ccccn1. The second kappa shape index (κ2) is 10.0. The van der Waals surface area contributed by atoms with Crippen molar-refractivity contribution < 1.29 is 18.0 Å². The van der Waals surface area contributed by atoms with Gasteiger partial charge in [-0.1, -0.05) is 29.3 Å². The fraction of sp³-hybridized carbons (Fsp3) is 0.130. The number of anilines is 1. The van der Waals surface area contributed by atoms with Crippen molar-refractivity contribution in [2.24, 2.45) is 5.10 Å². The van der Waals surface area contributed by atoms with E-state index < -0.39 is 32.9 Å². The first-order valence-electron chi connectivity index (χ1n) is 9.85. The molecule has 1 aliphatic heterocycles. The molecular formula is C23H16Cl2F3IN4O. The van der Waals surface area contributed by atoms with E-state index in [2.05, 4.69) is 15.4 Å². The Balaban J connectivity index is 1.61. The van der Waals surface area contributed by atoms with Gasteiger partial charge in [-0.15, -0.1) is 0 Å². The predicted octanol–water partition coefficient (Wildman–Crippen LogP) is 6.47. The van der Waals surface area contributed by atoms with Crippen LogP contribution in [0, 0.1) is 6.92 Å². The highest BCUT2D eigenvalue weighted by Gasteiger charge is 2.43. The van der Waals surface area contributed by atoms with E-state index in [-0.39, 0.29) is 26.0 Å². The number of amides is 1. The van der Waals surface area contributed by atoms with E-state index in [1.165, 1.54) is 21.4 Å². The minimum atomic E-state index is -4.64. The molecule has 2 aromatic carbocycles. The van der Waals surface area contributed by atoms with Crippen molar-refractivity contribution in [3.8, 4) is 0 Å². The molecule has 176 valence electrons. The number of aromatic nitrogens is 1. The summed E-state index contributed by atoms with van der Waals surface area (Å²) in [5.41, 5.74) is 1.55. The van der Waals surface area contributed by atoms with Crippen LogP contribution in [0.4, 0.5) is 18.9 Å². The molecule has 11 heteroatoms. The number of benzene rings is 2. The lowest BCUT2D eigenvalue weighted by Crippen LogP contribution is -2.29. The van der Waals surface area contributed by atoms with Gasteiger partial charge in [0.15, 0.2) is 5.71 Å². The Bertz CT molecular complexity index is 1290. The average Bonchev–Trinajstić information content (AvgIpc) is 3.24. The number of alkyl halides is 3. The van der Waals surface area contributed by atoms with Crippen molar-refractivity contribution in [3.63, 3.8) is 0 Å². The highest BCUT2D eigenvalue weighted by atomic mass is 127. The van der Waals surface area contributed by atoms with Crippen molar-refractivity contribution in [2.75, 3.05) is 3.22 Å². The van der Waals surface area contributed by atoms with Crippen molar-refractivity contribution >= 4 is 65.0 Å². The van der Waals surface area contributed by atoms with Crippen LogP contribution in [-0.4, -0.2) is 26.3 Å². The van der Waals surface area contributed by atoms with Crippen LogP contribution in [0.5, 0.6) is 0 Å². The number of nitrogens with one attached hydrogen (secondary N) is 1. The van der Waals surface area contributed by atoms with Gasteiger partial charge in [-0.25, -0.2) is 3.22 Å². The Hall–Kier alpha value is -2.50. The molecule has 1 aromatic heterocycles. The van der Waals surface area contributed by atoms with E-state index in [4.69, 9.17) is 23.2 Å². The minimum Gasteiger partial charge on any atom is -0.346 e. The molecule has 0 saturated heterocycles. The number of hydrogen-bond acceptors (Lipinski definition) is 4. The van der Waals surface area contributed by atoms with Crippen LogP contribution in [-0.2, 0) is 6.54 Å². The third-order valence-corrected chi connectivity index (χ3v) is 8.05. The van der Waals surface area contributed by atoms with Gasteiger partial charge < -0.3 is 5.32 Å². The molecule has 0 fully saturated rings. The normalized spacial score (nSPS) is 13.8. The smallest absolute Gasteiger partial charge is 0.346 e. The van der Waals surface area contributed by atoms with E-state index in [1.54, 1.807) is 43.5 Å². The molecule has 34 heavy (non-hydrogen) atoms. The van der Waals surface area contributed by atoms with Gasteiger partial charge in [-0.3, -0.25) is 9.78 Å². The lowest BCUT2D eigenvalue weighted by Gasteiger charge is -2.13. The summed E-state index contributed by atoms with van der Waals surface area (Å²) in [5.74, 6) is -0.300. The maximum absolute atomic E-state index is 13.8. The van der Waals surface area contributed by atoms with Crippen molar-refractivity contribution in [2.45, 2.75) is 19.6 Å². The quantitative estimate of drug-likeness (QED) is 0.263. The maximum Gasteiger partial charge on any atom is 0.436 e. The van der Waals surface area contributed by atoms with Gasteiger partial charge in [0.25, 0.3) is 5.91 Å². The van der Waals surface area contributed by atoms with Gasteiger partial charge in [0.2, 0.25) is 0 Å². The lowest BCUT2D eigenvalue weighted by molar-refractivity contribution is -0.0565. The summed E-state index contributed by atoms with van der Waals surface area (Å²) in [4.78, 5) is 16.8. The molecule has 1 aliphatic rings. The zero-order chi connectivity index (χ0) is 24.5. The van der Waals surface area contributed by atoms with Gasteiger partial charge in [-0.05, 0) is 66.6 Å². The van der Waals surface area contributed by atoms with E-state index in [9.17, 15) is 18.0 Å². The van der Waals surface area contributed by atoms with Crippen LogP contribution in [0.3, 0.4) is 0 Å². The van der Waals surface area contributed by atoms with Crippen LogP contribution in [0.1, 0.15) is 27.2 Å². The molecule has 0 bridgehead atoms. The zero-order valence-electron chi connectivity index (χ0n) is 17.5. The fourth-order valence-electron chi connectivity index (χ4n) is 3.21. The van der Waals surface area contributed by atoms with Crippen LogP contribution >= 0.6 is 44.2 Å². The molecule has 2 heterocycles. The van der Waals surface area contributed by atoms with Crippen molar-refractivity contribution in [1.82, 2.24) is 10.3 Å². The highest BCUT2D eigenvalue weighted by Crippen LogP contribution is 2.37. The van der Waals surface area contributed by atoms with Gasteiger partial charge in [0.1, 0.15) is 0 Å². The van der Waals surface area contributed by atoms with Crippen LogP contribution in [0.25, 0.3) is 0 Å². The molecule has 1 amide bonds. The molecular weight excluding hydrogens is 603 g/mol. The molecule has 5 nitrogen and oxygen atoms in total. The largest absolute Gasteiger partial charge is 0.436 e. The summed E-state index contributed by atoms with van der Waals surface area (Å²) in [7, 11) is 0. The zero-order valence-corrected chi connectivity index (χ0v) is 21.2. The topological polar surface area (TPSA) is 57.6 Å². The number of halogens is 6. The van der Waals surface area contributed by atoms with Gasteiger partial charge in [-0.2, -0.15) is 18.3 Å². The first-order valence-corrected chi connectivity index (χ1v) is 12.7. The molecule has 0 aliphatic carbocycles. The van der Waals surface area contributed by atoms with Gasteiger partial charge in [0.05, 0.1) is 21.4 Å². The van der Waals surface area contributed by atoms with E-state index in [1.807, 2.05) is 6.07 Å². The second-order valence-electron chi connectivity index (χ2n) is 7.27. The number of carbonyl (C=O) groups excluding carboxylic acids is 1. The predicted molar refractivity (Wildman–Crippen MR) is 137 cm³/mol. The molecule has 1 N–H and O–H groups in total. The van der Waals surface area contributed by atoms with Gasteiger partial charge in [0, 0.05) is 42.8 Å². The van der Waals surface area contributed by atoms with Crippen LogP contribution in [0.15, 0.2) is 65.9 Å². The highest BCUT2D eigenvalue weighted by molar-refractivity contribution is 14.2. The van der Waals surface area contributed by atoms with E-state index in [0.29, 0.717) is 28.1 Å². The summed E-state index contributed by atoms with van der Waals surface area (Å²) in [6, 6.07) is 14.6. The average molecular weight is 619 g/mol. The Morgan fingerprint density at radius 3 is 2.44 bits per heavy atom. The number of pyridine rings is 1. The number of rotatable bonds is 5. The van der Waals surface area contributed by atoms with E-state index in [0.717, 1.165) is 0 Å². The molecule has 0 spiro atoms. The number of hydrazone groups is 1. The number of carbonyl (C=O) groups is 1. The summed E-state index contributed by atoms with van der Waals surface area (Å²) in [5, 5.41) is 7.17. The molecule has 4 rings (SSSR count). The Morgan fingerprint density at radius 1 is 1.09 bits per heavy atom. The molecule has 3 aromatic rings. The fourth-order valence-corrected chi connectivity index (χ4v) is 6.33. The second-order valence-corrected chi connectivity index (χ2v) is 10.6. The first kappa shape index (κ1) is 24.6. The molecule has 0 radical (unpaired) electrons. The third kappa shape index (κ3) is 5.59. The van der Waals surface area contributed by atoms with Gasteiger partial charge >= 0.3 is 6.18 Å². The molecule has 0 saturated carbocycles. The van der Waals surface area contributed by atoms with Crippen molar-refractivity contribution in [1.29, 1.82) is 0 Å². The van der Waals surface area contributed by atoms with Crippen LogP contribution < -0.4 is 8.54 Å². The summed E-state index contributed by atoms with van der Waals surface area (Å²) in [6.45, 7) is 1.99.